The maximum atomic E-state index is 12.5. The Morgan fingerprint density at radius 2 is 2.00 bits per heavy atom. The molecule has 0 spiro atoms. The van der Waals surface area contributed by atoms with Crippen molar-refractivity contribution in [3.63, 3.8) is 0 Å². The van der Waals surface area contributed by atoms with E-state index in [1.54, 1.807) is 11.0 Å². The number of thiophene rings is 1. The Labute approximate surface area is 131 Å². The molecule has 1 N–H and O–H groups in total. The van der Waals surface area contributed by atoms with Crippen LogP contribution in [0, 0.1) is 13.8 Å². The Balaban J connectivity index is 2.34. The van der Waals surface area contributed by atoms with Crippen LogP contribution >= 0.6 is 22.9 Å². The Morgan fingerprint density at radius 1 is 1.29 bits per heavy atom. The lowest BCUT2D eigenvalue weighted by molar-refractivity contribution is -0.115. The van der Waals surface area contributed by atoms with Gasteiger partial charge in [0.25, 0.3) is 5.91 Å². The fourth-order valence-corrected chi connectivity index (χ4v) is 3.77. The zero-order chi connectivity index (χ0) is 15.1. The summed E-state index contributed by atoms with van der Waals surface area (Å²) in [6.45, 7) is 3.79. The number of fused-ring (bicyclic) bond motifs is 2. The van der Waals surface area contributed by atoms with Crippen molar-refractivity contribution in [1.82, 2.24) is 0 Å². The van der Waals surface area contributed by atoms with Gasteiger partial charge in [-0.25, -0.2) is 0 Å². The average Bonchev–Trinajstić information content (AvgIpc) is 2.67. The van der Waals surface area contributed by atoms with E-state index in [0.29, 0.717) is 22.6 Å². The van der Waals surface area contributed by atoms with E-state index in [1.807, 2.05) is 32.0 Å². The molecule has 2 heterocycles. The maximum Gasteiger partial charge on any atom is 0.258 e. The number of hydrogen-bond acceptors (Lipinski definition) is 3. The van der Waals surface area contributed by atoms with E-state index in [1.165, 1.54) is 11.3 Å². The van der Waals surface area contributed by atoms with Crippen LogP contribution in [0.1, 0.15) is 20.1 Å². The molecule has 0 atom stereocenters. The Morgan fingerprint density at radius 3 is 2.71 bits per heavy atom. The van der Waals surface area contributed by atoms with Crippen LogP contribution in [0.5, 0.6) is 0 Å². The number of nitrogens with one attached hydrogen (secondary N) is 1. The molecule has 3 rings (SSSR count). The lowest BCUT2D eigenvalue weighted by atomic mass is 10.1. The van der Waals surface area contributed by atoms with Gasteiger partial charge in [0.05, 0.1) is 22.6 Å². The molecule has 0 saturated carbocycles. The van der Waals surface area contributed by atoms with Gasteiger partial charge in [0.2, 0.25) is 5.91 Å². The standard InChI is InChI=1S/C15H13ClN2O2S/c1-8-13-14(9(2)21-8)18(12(19)7-16)11-6-4-3-5-10(11)17-15(13)20/h3-6H,7H2,1-2H3,(H,17,20). The highest BCUT2D eigenvalue weighted by molar-refractivity contribution is 7.13. The summed E-state index contributed by atoms with van der Waals surface area (Å²) in [6.07, 6.45) is 0. The molecule has 108 valence electrons. The molecule has 0 radical (unpaired) electrons. The Hall–Kier alpha value is -1.85. The second kappa shape index (κ2) is 5.16. The molecule has 0 aliphatic carbocycles. The van der Waals surface area contributed by atoms with Gasteiger partial charge in [0, 0.05) is 9.75 Å². The fourth-order valence-electron chi connectivity index (χ4n) is 2.61. The quantitative estimate of drug-likeness (QED) is 0.812. The zero-order valence-corrected chi connectivity index (χ0v) is 13.1. The van der Waals surface area contributed by atoms with Gasteiger partial charge in [-0.15, -0.1) is 22.9 Å². The van der Waals surface area contributed by atoms with Crippen molar-refractivity contribution < 1.29 is 9.59 Å². The number of rotatable bonds is 1. The van der Waals surface area contributed by atoms with Gasteiger partial charge in [-0.3, -0.25) is 14.5 Å². The molecular formula is C15H13ClN2O2S. The van der Waals surface area contributed by atoms with Gasteiger partial charge in [-0.2, -0.15) is 0 Å². The molecule has 6 heteroatoms. The molecule has 4 nitrogen and oxygen atoms in total. The van der Waals surface area contributed by atoms with E-state index in [2.05, 4.69) is 5.32 Å². The van der Waals surface area contributed by atoms with Crippen LogP contribution in [0.15, 0.2) is 24.3 Å². The lowest BCUT2D eigenvalue weighted by Crippen LogP contribution is -2.27. The van der Waals surface area contributed by atoms with Crippen LogP contribution in [0.3, 0.4) is 0 Å². The molecule has 0 saturated heterocycles. The summed E-state index contributed by atoms with van der Waals surface area (Å²) in [6, 6.07) is 7.24. The van der Waals surface area contributed by atoms with Crippen LogP contribution in [0.25, 0.3) is 0 Å². The predicted molar refractivity (Wildman–Crippen MR) is 86.1 cm³/mol. The smallest absolute Gasteiger partial charge is 0.258 e. The highest BCUT2D eigenvalue weighted by Crippen LogP contribution is 2.44. The van der Waals surface area contributed by atoms with Crippen LogP contribution in [-0.4, -0.2) is 17.7 Å². The predicted octanol–water partition coefficient (Wildman–Crippen LogP) is 3.83. The summed E-state index contributed by atoms with van der Waals surface area (Å²) in [5.41, 5.74) is 2.45. The van der Waals surface area contributed by atoms with Crippen LogP contribution in [0.4, 0.5) is 17.1 Å². The number of benzene rings is 1. The number of para-hydroxylation sites is 2. The first-order chi connectivity index (χ1) is 10.0. The fraction of sp³-hybridized carbons (Fsp3) is 0.200. The largest absolute Gasteiger partial charge is 0.320 e. The van der Waals surface area contributed by atoms with E-state index in [-0.39, 0.29) is 17.7 Å². The van der Waals surface area contributed by atoms with Gasteiger partial charge in [0.1, 0.15) is 5.88 Å². The van der Waals surface area contributed by atoms with Crippen molar-refractivity contribution in [2.45, 2.75) is 13.8 Å². The first kappa shape index (κ1) is 14.1. The molecule has 2 aromatic rings. The van der Waals surface area contributed by atoms with E-state index in [9.17, 15) is 9.59 Å². The number of alkyl halides is 1. The highest BCUT2D eigenvalue weighted by Gasteiger charge is 2.32. The average molecular weight is 321 g/mol. The number of halogens is 1. The minimum absolute atomic E-state index is 0.143. The third-order valence-corrected chi connectivity index (χ3v) is 4.67. The number of aryl methyl sites for hydroxylation is 2. The van der Waals surface area contributed by atoms with Crippen LogP contribution in [0.2, 0.25) is 0 Å². The minimum atomic E-state index is -0.247. The van der Waals surface area contributed by atoms with Gasteiger partial charge in [-0.05, 0) is 26.0 Å². The monoisotopic (exact) mass is 320 g/mol. The highest BCUT2D eigenvalue weighted by atomic mass is 35.5. The number of nitrogens with zero attached hydrogens (tertiary/aromatic N) is 1. The third kappa shape index (κ3) is 2.13. The third-order valence-electron chi connectivity index (χ3n) is 3.44. The molecule has 1 aromatic heterocycles. The number of carbonyl (C=O) groups is 2. The summed E-state index contributed by atoms with van der Waals surface area (Å²) in [7, 11) is 0. The molecule has 1 aromatic carbocycles. The summed E-state index contributed by atoms with van der Waals surface area (Å²) in [5.74, 6) is -0.581. The van der Waals surface area contributed by atoms with E-state index >= 15 is 0 Å². The summed E-state index contributed by atoms with van der Waals surface area (Å²) in [5, 5.41) is 2.87. The Kier molecular flexibility index (Phi) is 3.47. The van der Waals surface area contributed by atoms with Crippen molar-refractivity contribution in [3.05, 3.63) is 39.6 Å². The molecule has 1 aliphatic heterocycles. The second-order valence-electron chi connectivity index (χ2n) is 4.77. The van der Waals surface area contributed by atoms with Gasteiger partial charge >= 0.3 is 0 Å². The van der Waals surface area contributed by atoms with Gasteiger partial charge < -0.3 is 5.32 Å². The molecule has 0 unspecified atom stereocenters. The number of amides is 2. The van der Waals surface area contributed by atoms with E-state index in [0.717, 1.165) is 9.75 Å². The van der Waals surface area contributed by atoms with Crippen molar-refractivity contribution in [3.8, 4) is 0 Å². The van der Waals surface area contributed by atoms with Crippen molar-refractivity contribution in [1.29, 1.82) is 0 Å². The lowest BCUT2D eigenvalue weighted by Gasteiger charge is -2.22. The second-order valence-corrected chi connectivity index (χ2v) is 6.47. The first-order valence-electron chi connectivity index (χ1n) is 6.44. The van der Waals surface area contributed by atoms with Gasteiger partial charge in [0.15, 0.2) is 0 Å². The van der Waals surface area contributed by atoms with E-state index < -0.39 is 0 Å². The normalized spacial score (nSPS) is 13.3. The molecule has 0 bridgehead atoms. The first-order valence-corrected chi connectivity index (χ1v) is 7.79. The SMILES string of the molecule is Cc1sc(C)c2c1C(=O)Nc1ccccc1N2C(=O)CCl. The summed E-state index contributed by atoms with van der Waals surface area (Å²) < 4.78 is 0. The van der Waals surface area contributed by atoms with E-state index in [4.69, 9.17) is 11.6 Å². The van der Waals surface area contributed by atoms with Crippen LogP contribution in [-0.2, 0) is 4.79 Å². The summed E-state index contributed by atoms with van der Waals surface area (Å²) in [4.78, 5) is 28.2. The van der Waals surface area contributed by atoms with Crippen molar-refractivity contribution in [2.75, 3.05) is 16.1 Å². The molecule has 1 aliphatic rings. The number of anilines is 3. The molecule has 21 heavy (non-hydrogen) atoms. The number of hydrogen-bond donors (Lipinski definition) is 1. The number of carbonyl (C=O) groups excluding carboxylic acids is 2. The molecule has 2 amide bonds. The summed E-state index contributed by atoms with van der Waals surface area (Å²) >= 11 is 7.28. The van der Waals surface area contributed by atoms with Crippen molar-refractivity contribution in [2.24, 2.45) is 0 Å². The molecule has 0 fully saturated rings. The topological polar surface area (TPSA) is 49.4 Å². The van der Waals surface area contributed by atoms with Crippen LogP contribution < -0.4 is 10.2 Å². The van der Waals surface area contributed by atoms with Crippen molar-refractivity contribution >= 4 is 51.8 Å². The molecular weight excluding hydrogens is 308 g/mol. The zero-order valence-electron chi connectivity index (χ0n) is 11.6. The Bertz CT molecular complexity index is 754. The maximum absolute atomic E-state index is 12.5. The van der Waals surface area contributed by atoms with Gasteiger partial charge in [-0.1, -0.05) is 12.1 Å². The minimum Gasteiger partial charge on any atom is -0.320 e.